The number of carbonyl (C=O) groups is 1. The minimum atomic E-state index is -4.51. The van der Waals surface area contributed by atoms with Crippen molar-refractivity contribution in [2.24, 2.45) is 14.1 Å². The first-order chi connectivity index (χ1) is 14.1. The van der Waals surface area contributed by atoms with Crippen LogP contribution in [0, 0.1) is 0 Å². The largest absolute Gasteiger partial charge is 0.479 e. The molecule has 1 aliphatic heterocycles. The third kappa shape index (κ3) is 3.67. The summed E-state index contributed by atoms with van der Waals surface area (Å²) in [5.74, 6) is 0.346. The highest BCUT2D eigenvalue weighted by atomic mass is 32.2. The molecule has 7 nitrogen and oxygen atoms in total. The van der Waals surface area contributed by atoms with Gasteiger partial charge in [0.2, 0.25) is 5.88 Å². The molecular formula is C19H24F3N5O2S. The van der Waals surface area contributed by atoms with Crippen molar-refractivity contribution in [3.8, 4) is 5.88 Å². The molecule has 30 heavy (non-hydrogen) atoms. The van der Waals surface area contributed by atoms with Crippen LogP contribution in [0.1, 0.15) is 72.4 Å². The molecule has 2 atom stereocenters. The molecule has 2 aromatic heterocycles. The quantitative estimate of drug-likeness (QED) is 0.651. The molecule has 2 unspecified atom stereocenters. The molecule has 0 saturated heterocycles. The van der Waals surface area contributed by atoms with E-state index >= 15 is 0 Å². The average molecular weight is 443 g/mol. The maximum atomic E-state index is 13.6. The van der Waals surface area contributed by atoms with Crippen LogP contribution >= 0.6 is 12.0 Å². The SMILES string of the molecule is CCC1c2nn(C)c(OSC(F)(F)F)c2CC(C)N1C(=O)c1cnn(C)c1C1CC1. The first kappa shape index (κ1) is 21.1. The normalized spacial score (nSPS) is 21.6. The lowest BCUT2D eigenvalue weighted by atomic mass is 9.91. The Morgan fingerprint density at radius 2 is 2.00 bits per heavy atom. The minimum absolute atomic E-state index is 0.0878. The fourth-order valence-corrected chi connectivity index (χ4v) is 4.76. The molecule has 1 amide bonds. The number of hydrogen-bond acceptors (Lipinski definition) is 5. The highest BCUT2D eigenvalue weighted by Gasteiger charge is 2.42. The van der Waals surface area contributed by atoms with Gasteiger partial charge in [0.1, 0.15) is 0 Å². The molecule has 1 saturated carbocycles. The fourth-order valence-electron chi connectivity index (χ4n) is 4.38. The maximum absolute atomic E-state index is 13.6. The van der Waals surface area contributed by atoms with Crippen molar-refractivity contribution in [3.05, 3.63) is 28.7 Å². The molecule has 0 spiro atoms. The fraction of sp³-hybridized carbons (Fsp3) is 0.632. The molecule has 3 heterocycles. The second-order valence-electron chi connectivity index (χ2n) is 7.94. The Bertz CT molecular complexity index is 966. The van der Waals surface area contributed by atoms with Crippen molar-refractivity contribution in [1.82, 2.24) is 24.5 Å². The number of aryl methyl sites for hydroxylation is 2. The van der Waals surface area contributed by atoms with E-state index in [4.69, 9.17) is 4.18 Å². The van der Waals surface area contributed by atoms with E-state index in [0.29, 0.717) is 35.6 Å². The Morgan fingerprint density at radius 3 is 2.60 bits per heavy atom. The number of nitrogens with zero attached hydrogens (tertiary/aromatic N) is 5. The second-order valence-corrected chi connectivity index (χ2v) is 8.73. The highest BCUT2D eigenvalue weighted by molar-refractivity contribution is 7.95. The highest BCUT2D eigenvalue weighted by Crippen LogP contribution is 2.45. The molecule has 2 aromatic rings. The van der Waals surface area contributed by atoms with Gasteiger partial charge in [-0.25, -0.2) is 4.68 Å². The first-order valence-corrected chi connectivity index (χ1v) is 10.7. The van der Waals surface area contributed by atoms with E-state index in [1.807, 2.05) is 20.9 Å². The predicted molar refractivity (Wildman–Crippen MR) is 105 cm³/mol. The lowest BCUT2D eigenvalue weighted by molar-refractivity contribution is -0.0371. The first-order valence-electron chi connectivity index (χ1n) is 9.95. The van der Waals surface area contributed by atoms with E-state index in [0.717, 1.165) is 18.5 Å². The Morgan fingerprint density at radius 1 is 1.30 bits per heavy atom. The topological polar surface area (TPSA) is 65.2 Å². The maximum Gasteiger partial charge on any atom is 0.479 e. The molecule has 164 valence electrons. The Balaban J connectivity index is 1.68. The Hall–Kier alpha value is -2.17. The summed E-state index contributed by atoms with van der Waals surface area (Å²) in [4.78, 5) is 15.4. The van der Waals surface area contributed by atoms with Gasteiger partial charge in [-0.05, 0) is 32.6 Å². The van der Waals surface area contributed by atoms with E-state index in [1.54, 1.807) is 22.8 Å². The van der Waals surface area contributed by atoms with Gasteiger partial charge in [0, 0.05) is 31.6 Å². The van der Waals surface area contributed by atoms with Gasteiger partial charge in [-0.15, -0.1) is 0 Å². The van der Waals surface area contributed by atoms with Gasteiger partial charge < -0.3 is 9.08 Å². The van der Waals surface area contributed by atoms with Crippen molar-refractivity contribution < 1.29 is 22.1 Å². The number of carbonyl (C=O) groups excluding carboxylic acids is 1. The van der Waals surface area contributed by atoms with Crippen LogP contribution in [0.3, 0.4) is 0 Å². The molecule has 0 aromatic carbocycles. The van der Waals surface area contributed by atoms with Gasteiger partial charge in [-0.3, -0.25) is 9.48 Å². The van der Waals surface area contributed by atoms with Crippen molar-refractivity contribution in [2.75, 3.05) is 0 Å². The van der Waals surface area contributed by atoms with Crippen LogP contribution in [-0.4, -0.2) is 41.9 Å². The van der Waals surface area contributed by atoms with Gasteiger partial charge >= 0.3 is 5.51 Å². The van der Waals surface area contributed by atoms with E-state index in [1.165, 1.54) is 4.68 Å². The second kappa shape index (κ2) is 7.51. The number of rotatable bonds is 5. The molecule has 0 N–H and O–H groups in total. The number of alkyl halides is 3. The molecule has 2 aliphatic rings. The van der Waals surface area contributed by atoms with Gasteiger partial charge in [0.05, 0.1) is 29.2 Å². The summed E-state index contributed by atoms with van der Waals surface area (Å²) in [5.41, 5.74) is -1.72. The summed E-state index contributed by atoms with van der Waals surface area (Å²) in [6.45, 7) is 3.85. The Labute approximate surface area is 176 Å². The van der Waals surface area contributed by atoms with Gasteiger partial charge in [-0.2, -0.15) is 23.4 Å². The summed E-state index contributed by atoms with van der Waals surface area (Å²) in [6, 6.07) is -0.562. The van der Waals surface area contributed by atoms with Crippen LogP contribution in [-0.2, 0) is 20.5 Å². The average Bonchev–Trinajstić information content (AvgIpc) is 3.35. The molecule has 4 rings (SSSR count). The molecule has 1 aliphatic carbocycles. The standard InChI is InChI=1S/C19H24F3N5O2S/c1-5-14-15-12(18(26(4)24-15)29-30-19(20,21)22)8-10(2)27(14)17(28)13-9-23-25(3)16(13)11-6-7-11/h9-11,14H,5-8H2,1-4H3. The van der Waals surface area contributed by atoms with E-state index < -0.39 is 17.6 Å². The number of aromatic nitrogens is 4. The molecule has 0 radical (unpaired) electrons. The number of halogens is 3. The third-order valence-corrected chi connectivity index (χ3v) is 6.19. The van der Waals surface area contributed by atoms with Crippen molar-refractivity contribution in [1.29, 1.82) is 0 Å². The minimum Gasteiger partial charge on any atom is -0.397 e. The lowest BCUT2D eigenvalue weighted by Crippen LogP contribution is -2.46. The van der Waals surface area contributed by atoms with Crippen LogP contribution in [0.2, 0.25) is 0 Å². The molecular weight excluding hydrogens is 419 g/mol. The third-order valence-electron chi connectivity index (χ3n) is 5.76. The number of amides is 1. The van der Waals surface area contributed by atoms with Crippen LogP contribution in [0.25, 0.3) is 0 Å². The van der Waals surface area contributed by atoms with Gasteiger partial charge in [0.25, 0.3) is 5.91 Å². The Kier molecular flexibility index (Phi) is 5.27. The summed E-state index contributed by atoms with van der Waals surface area (Å²) < 4.78 is 46.0. The monoisotopic (exact) mass is 443 g/mol. The summed E-state index contributed by atoms with van der Waals surface area (Å²) in [7, 11) is 3.40. The number of fused-ring (bicyclic) bond motifs is 1. The van der Waals surface area contributed by atoms with Crippen LogP contribution < -0.4 is 4.18 Å². The van der Waals surface area contributed by atoms with Gasteiger partial charge in [-0.1, -0.05) is 6.92 Å². The smallest absolute Gasteiger partial charge is 0.397 e. The van der Waals surface area contributed by atoms with Gasteiger partial charge in [0.15, 0.2) is 12.0 Å². The zero-order chi connectivity index (χ0) is 21.8. The summed E-state index contributed by atoms with van der Waals surface area (Å²) in [6.07, 6.45) is 4.68. The summed E-state index contributed by atoms with van der Waals surface area (Å²) in [5, 5.41) is 8.74. The molecule has 11 heteroatoms. The zero-order valence-corrected chi connectivity index (χ0v) is 18.0. The molecule has 0 bridgehead atoms. The van der Waals surface area contributed by atoms with Crippen LogP contribution in [0.15, 0.2) is 6.20 Å². The number of hydrogen-bond donors (Lipinski definition) is 0. The predicted octanol–water partition coefficient (Wildman–Crippen LogP) is 4.12. The van der Waals surface area contributed by atoms with E-state index in [2.05, 4.69) is 10.2 Å². The lowest BCUT2D eigenvalue weighted by Gasteiger charge is -2.39. The van der Waals surface area contributed by atoms with Crippen molar-refractivity contribution >= 4 is 17.9 Å². The van der Waals surface area contributed by atoms with E-state index in [-0.39, 0.29) is 23.9 Å². The van der Waals surface area contributed by atoms with Crippen molar-refractivity contribution in [2.45, 2.75) is 63.0 Å². The summed E-state index contributed by atoms with van der Waals surface area (Å²) >= 11 is -0.545. The van der Waals surface area contributed by atoms with Crippen LogP contribution in [0.4, 0.5) is 13.2 Å². The van der Waals surface area contributed by atoms with Crippen molar-refractivity contribution in [3.63, 3.8) is 0 Å². The zero-order valence-electron chi connectivity index (χ0n) is 17.2. The van der Waals surface area contributed by atoms with E-state index in [9.17, 15) is 18.0 Å². The van der Waals surface area contributed by atoms with Crippen LogP contribution in [0.5, 0.6) is 5.88 Å². The molecule has 1 fully saturated rings.